The van der Waals surface area contributed by atoms with Crippen LogP contribution in [0.3, 0.4) is 0 Å². The first-order valence-corrected chi connectivity index (χ1v) is 6.04. The maximum absolute atomic E-state index is 11.9. The Morgan fingerprint density at radius 2 is 2.29 bits per heavy atom. The van der Waals surface area contributed by atoms with Crippen molar-refractivity contribution in [1.29, 1.82) is 0 Å². The molecule has 1 fully saturated rings. The van der Waals surface area contributed by atoms with Crippen LogP contribution in [0.2, 0.25) is 0 Å². The van der Waals surface area contributed by atoms with E-state index in [-0.39, 0.29) is 5.91 Å². The topological polar surface area (TPSA) is 68.0 Å². The SMILES string of the molecule is NC(=S)C1(C(=O)NCCc2ccccn2)CC1. The Labute approximate surface area is 106 Å². The fourth-order valence-corrected chi connectivity index (χ4v) is 2.03. The van der Waals surface area contributed by atoms with Crippen molar-refractivity contribution in [3.63, 3.8) is 0 Å². The summed E-state index contributed by atoms with van der Waals surface area (Å²) in [4.78, 5) is 16.4. The van der Waals surface area contributed by atoms with Gasteiger partial charge in [0.05, 0.1) is 10.4 Å². The predicted molar refractivity (Wildman–Crippen MR) is 69.4 cm³/mol. The molecule has 0 spiro atoms. The maximum atomic E-state index is 11.9. The standard InChI is InChI=1S/C12H15N3OS/c13-10(17)12(5-6-12)11(16)15-8-4-9-3-1-2-7-14-9/h1-3,7H,4-6,8H2,(H2,13,17)(H,15,16). The minimum Gasteiger partial charge on any atom is -0.392 e. The predicted octanol–water partition coefficient (Wildman–Crippen LogP) is 0.807. The molecule has 0 radical (unpaired) electrons. The summed E-state index contributed by atoms with van der Waals surface area (Å²) in [5.41, 5.74) is 5.98. The number of thiocarbonyl (C=S) groups is 1. The number of nitrogens with one attached hydrogen (secondary N) is 1. The lowest BCUT2D eigenvalue weighted by atomic mass is 10.1. The third-order valence-electron chi connectivity index (χ3n) is 3.05. The minimum atomic E-state index is -0.556. The molecule has 1 amide bonds. The van der Waals surface area contributed by atoms with Gasteiger partial charge in [-0.05, 0) is 25.0 Å². The fraction of sp³-hybridized carbons (Fsp3) is 0.417. The van der Waals surface area contributed by atoms with Crippen molar-refractivity contribution >= 4 is 23.1 Å². The number of hydrogen-bond acceptors (Lipinski definition) is 3. The number of nitrogens with two attached hydrogens (primary N) is 1. The quantitative estimate of drug-likeness (QED) is 0.758. The molecule has 0 aromatic carbocycles. The summed E-state index contributed by atoms with van der Waals surface area (Å²) < 4.78 is 0. The van der Waals surface area contributed by atoms with E-state index in [0.29, 0.717) is 11.5 Å². The lowest BCUT2D eigenvalue weighted by molar-refractivity contribution is -0.123. The molecule has 4 nitrogen and oxygen atoms in total. The highest BCUT2D eigenvalue weighted by molar-refractivity contribution is 7.80. The second-order valence-corrected chi connectivity index (χ2v) is 4.71. The second-order valence-electron chi connectivity index (χ2n) is 4.27. The summed E-state index contributed by atoms with van der Waals surface area (Å²) in [7, 11) is 0. The van der Waals surface area contributed by atoms with Gasteiger partial charge in [0.2, 0.25) is 5.91 Å². The van der Waals surface area contributed by atoms with Gasteiger partial charge in [-0.3, -0.25) is 9.78 Å². The van der Waals surface area contributed by atoms with Crippen LogP contribution in [0.1, 0.15) is 18.5 Å². The fourth-order valence-electron chi connectivity index (χ4n) is 1.73. The maximum Gasteiger partial charge on any atom is 0.233 e. The number of amides is 1. The summed E-state index contributed by atoms with van der Waals surface area (Å²) in [6.45, 7) is 0.570. The number of hydrogen-bond donors (Lipinski definition) is 2. The van der Waals surface area contributed by atoms with E-state index in [1.165, 1.54) is 0 Å². The molecule has 1 saturated carbocycles. The summed E-state index contributed by atoms with van der Waals surface area (Å²) in [5, 5.41) is 2.87. The Kier molecular flexibility index (Phi) is 3.38. The summed E-state index contributed by atoms with van der Waals surface area (Å²) >= 11 is 4.92. The molecule has 2 rings (SSSR count). The van der Waals surface area contributed by atoms with Gasteiger partial charge < -0.3 is 11.1 Å². The van der Waals surface area contributed by atoms with E-state index in [1.807, 2.05) is 18.2 Å². The minimum absolute atomic E-state index is 0.0408. The Bertz CT molecular complexity index is 429. The highest BCUT2D eigenvalue weighted by atomic mass is 32.1. The van der Waals surface area contributed by atoms with E-state index in [0.717, 1.165) is 25.0 Å². The highest BCUT2D eigenvalue weighted by Crippen LogP contribution is 2.46. The van der Waals surface area contributed by atoms with Gasteiger partial charge in [-0.2, -0.15) is 0 Å². The second kappa shape index (κ2) is 4.79. The van der Waals surface area contributed by atoms with Crippen LogP contribution in [-0.2, 0) is 11.2 Å². The van der Waals surface area contributed by atoms with Crippen LogP contribution in [0.5, 0.6) is 0 Å². The average Bonchev–Trinajstić information content (AvgIpc) is 3.11. The third kappa shape index (κ3) is 2.61. The molecule has 1 aromatic rings. The number of carbonyl (C=O) groups is 1. The molecule has 0 saturated heterocycles. The Morgan fingerprint density at radius 3 is 2.82 bits per heavy atom. The summed E-state index contributed by atoms with van der Waals surface area (Å²) in [6.07, 6.45) is 4.02. The lowest BCUT2D eigenvalue weighted by Gasteiger charge is -2.13. The first kappa shape index (κ1) is 12.0. The Hall–Kier alpha value is -1.49. The van der Waals surface area contributed by atoms with Crippen molar-refractivity contribution in [3.8, 4) is 0 Å². The van der Waals surface area contributed by atoms with Gasteiger partial charge in [0, 0.05) is 24.9 Å². The molecule has 1 aliphatic carbocycles. The Balaban J connectivity index is 1.80. The van der Waals surface area contributed by atoms with Crippen molar-refractivity contribution in [2.45, 2.75) is 19.3 Å². The van der Waals surface area contributed by atoms with Gasteiger partial charge in [0.15, 0.2) is 0 Å². The zero-order valence-corrected chi connectivity index (χ0v) is 10.3. The largest absolute Gasteiger partial charge is 0.392 e. The molecule has 1 aliphatic rings. The number of pyridine rings is 1. The van der Waals surface area contributed by atoms with E-state index < -0.39 is 5.41 Å². The van der Waals surface area contributed by atoms with Crippen LogP contribution in [0, 0.1) is 5.41 Å². The van der Waals surface area contributed by atoms with Crippen molar-refractivity contribution in [2.75, 3.05) is 6.54 Å². The molecule has 3 N–H and O–H groups in total. The molecule has 0 aliphatic heterocycles. The number of nitrogens with zero attached hydrogens (tertiary/aromatic N) is 1. The van der Waals surface area contributed by atoms with E-state index in [4.69, 9.17) is 18.0 Å². The van der Waals surface area contributed by atoms with Gasteiger partial charge >= 0.3 is 0 Å². The van der Waals surface area contributed by atoms with Crippen molar-refractivity contribution in [1.82, 2.24) is 10.3 Å². The Morgan fingerprint density at radius 1 is 1.53 bits per heavy atom. The van der Waals surface area contributed by atoms with Gasteiger partial charge in [-0.15, -0.1) is 0 Å². The average molecular weight is 249 g/mol. The van der Waals surface area contributed by atoms with Crippen LogP contribution in [0.15, 0.2) is 24.4 Å². The molecule has 0 unspecified atom stereocenters. The van der Waals surface area contributed by atoms with Gasteiger partial charge in [0.1, 0.15) is 0 Å². The smallest absolute Gasteiger partial charge is 0.233 e. The summed E-state index contributed by atoms with van der Waals surface area (Å²) in [6, 6.07) is 5.74. The lowest BCUT2D eigenvalue weighted by Crippen LogP contribution is -2.40. The molecule has 90 valence electrons. The van der Waals surface area contributed by atoms with E-state index in [2.05, 4.69) is 10.3 Å². The molecular weight excluding hydrogens is 234 g/mol. The first-order chi connectivity index (χ1) is 8.15. The molecule has 17 heavy (non-hydrogen) atoms. The van der Waals surface area contributed by atoms with E-state index in [1.54, 1.807) is 6.20 Å². The number of rotatable bonds is 5. The molecular formula is C12H15N3OS. The van der Waals surface area contributed by atoms with Crippen molar-refractivity contribution in [2.24, 2.45) is 11.1 Å². The molecule has 1 aromatic heterocycles. The van der Waals surface area contributed by atoms with Crippen molar-refractivity contribution in [3.05, 3.63) is 30.1 Å². The van der Waals surface area contributed by atoms with Crippen LogP contribution >= 0.6 is 12.2 Å². The number of carbonyl (C=O) groups excluding carboxylic acids is 1. The zero-order valence-electron chi connectivity index (χ0n) is 9.48. The molecule has 5 heteroatoms. The van der Waals surface area contributed by atoms with Crippen LogP contribution < -0.4 is 11.1 Å². The van der Waals surface area contributed by atoms with Gasteiger partial charge in [-0.1, -0.05) is 18.3 Å². The molecule has 0 atom stereocenters. The highest BCUT2D eigenvalue weighted by Gasteiger charge is 2.52. The van der Waals surface area contributed by atoms with Crippen LogP contribution in [-0.4, -0.2) is 22.4 Å². The third-order valence-corrected chi connectivity index (χ3v) is 3.44. The van der Waals surface area contributed by atoms with Gasteiger partial charge in [0.25, 0.3) is 0 Å². The monoisotopic (exact) mass is 249 g/mol. The zero-order chi connectivity index (χ0) is 12.3. The van der Waals surface area contributed by atoms with Gasteiger partial charge in [-0.25, -0.2) is 0 Å². The normalized spacial score (nSPS) is 16.2. The van der Waals surface area contributed by atoms with Crippen LogP contribution in [0.4, 0.5) is 0 Å². The number of aromatic nitrogens is 1. The molecule has 0 bridgehead atoms. The summed E-state index contributed by atoms with van der Waals surface area (Å²) in [5.74, 6) is -0.0408. The van der Waals surface area contributed by atoms with Crippen molar-refractivity contribution < 1.29 is 4.79 Å². The molecule has 1 heterocycles. The van der Waals surface area contributed by atoms with Crippen LogP contribution in [0.25, 0.3) is 0 Å². The van der Waals surface area contributed by atoms with E-state index >= 15 is 0 Å². The van der Waals surface area contributed by atoms with E-state index in [9.17, 15) is 4.79 Å². The first-order valence-electron chi connectivity index (χ1n) is 5.63.